The molecule has 0 radical (unpaired) electrons. The molecule has 0 spiro atoms. The summed E-state index contributed by atoms with van der Waals surface area (Å²) in [5, 5.41) is 6.00. The average molecular weight is 335 g/mol. The largest absolute Gasteiger partial charge is 0.354 e. The van der Waals surface area contributed by atoms with Gasteiger partial charge in [0.25, 0.3) is 5.91 Å². The molecule has 0 saturated carbocycles. The quantitative estimate of drug-likeness (QED) is 0.718. The van der Waals surface area contributed by atoms with Crippen LogP contribution >= 0.6 is 0 Å². The highest BCUT2D eigenvalue weighted by atomic mass is 19.1. The minimum Gasteiger partial charge on any atom is -0.354 e. The van der Waals surface area contributed by atoms with Gasteiger partial charge in [0.15, 0.2) is 0 Å². The minimum atomic E-state index is -0.378. The molecule has 5 heteroatoms. The Balaban J connectivity index is 1.68. The van der Waals surface area contributed by atoms with E-state index in [9.17, 15) is 9.18 Å². The lowest BCUT2D eigenvalue weighted by Crippen LogP contribution is -2.12. The number of carbonyl (C=O) groups is 1. The van der Waals surface area contributed by atoms with Crippen molar-refractivity contribution in [3.05, 3.63) is 83.3 Å². The summed E-state index contributed by atoms with van der Waals surface area (Å²) >= 11 is 0. The molecule has 0 atom stereocenters. The zero-order chi connectivity index (χ0) is 17.8. The Hall–Kier alpha value is -3.21. The van der Waals surface area contributed by atoms with Crippen LogP contribution in [0.25, 0.3) is 0 Å². The molecule has 0 aliphatic rings. The third-order valence-corrected chi connectivity index (χ3v) is 3.78. The number of carbonyl (C=O) groups excluding carboxylic acids is 1. The minimum absolute atomic E-state index is 0.331. The van der Waals surface area contributed by atoms with Crippen LogP contribution in [0.2, 0.25) is 0 Å². The molecular weight excluding hydrogens is 317 g/mol. The lowest BCUT2D eigenvalue weighted by atomic mass is 10.1. The standard InChI is InChI=1S/C20H18FN3O/c1-13-3-4-14(2)18(11-13)23-17-9-10-19(22-12-17)24-20(25)15-5-7-16(21)8-6-15/h3-12,23H,1-2H3,(H,22,24,25). The topological polar surface area (TPSA) is 54.0 Å². The highest BCUT2D eigenvalue weighted by molar-refractivity contribution is 6.03. The zero-order valence-electron chi connectivity index (χ0n) is 14.0. The number of aryl methyl sites for hydroxylation is 2. The van der Waals surface area contributed by atoms with E-state index in [0.717, 1.165) is 16.9 Å². The molecule has 2 N–H and O–H groups in total. The predicted molar refractivity (Wildman–Crippen MR) is 97.8 cm³/mol. The molecule has 1 aromatic heterocycles. The van der Waals surface area contributed by atoms with Gasteiger partial charge in [0.1, 0.15) is 11.6 Å². The van der Waals surface area contributed by atoms with Crippen LogP contribution in [0.5, 0.6) is 0 Å². The SMILES string of the molecule is Cc1ccc(C)c(Nc2ccc(NC(=O)c3ccc(F)cc3)nc2)c1. The van der Waals surface area contributed by atoms with E-state index in [0.29, 0.717) is 11.4 Å². The molecule has 25 heavy (non-hydrogen) atoms. The third-order valence-electron chi connectivity index (χ3n) is 3.78. The van der Waals surface area contributed by atoms with Crippen LogP contribution in [0.1, 0.15) is 21.5 Å². The van der Waals surface area contributed by atoms with Crippen LogP contribution in [0.4, 0.5) is 21.6 Å². The Morgan fingerprint density at radius 3 is 2.44 bits per heavy atom. The van der Waals surface area contributed by atoms with Crippen molar-refractivity contribution in [3.8, 4) is 0 Å². The van der Waals surface area contributed by atoms with Crippen LogP contribution < -0.4 is 10.6 Å². The van der Waals surface area contributed by atoms with Gasteiger partial charge in [0.05, 0.1) is 11.9 Å². The Kier molecular flexibility index (Phi) is 4.75. The van der Waals surface area contributed by atoms with Gasteiger partial charge in [-0.15, -0.1) is 0 Å². The van der Waals surface area contributed by atoms with Gasteiger partial charge in [-0.3, -0.25) is 4.79 Å². The summed E-state index contributed by atoms with van der Waals surface area (Å²) in [5.74, 6) is -0.278. The molecule has 3 aromatic rings. The van der Waals surface area contributed by atoms with E-state index >= 15 is 0 Å². The van der Waals surface area contributed by atoms with Gasteiger partial charge < -0.3 is 10.6 Å². The summed E-state index contributed by atoms with van der Waals surface area (Å²) in [4.78, 5) is 16.3. The van der Waals surface area contributed by atoms with Crippen molar-refractivity contribution in [2.75, 3.05) is 10.6 Å². The first kappa shape index (κ1) is 16.6. The molecule has 4 nitrogen and oxygen atoms in total. The van der Waals surface area contributed by atoms with Crippen molar-refractivity contribution >= 4 is 23.1 Å². The maximum atomic E-state index is 12.9. The first-order valence-corrected chi connectivity index (χ1v) is 7.88. The van der Waals surface area contributed by atoms with Crippen LogP contribution in [0, 0.1) is 19.7 Å². The second kappa shape index (κ2) is 7.13. The van der Waals surface area contributed by atoms with E-state index in [4.69, 9.17) is 0 Å². The van der Waals surface area contributed by atoms with E-state index in [1.165, 1.54) is 29.8 Å². The summed E-state index contributed by atoms with van der Waals surface area (Å²) < 4.78 is 12.9. The molecular formula is C20H18FN3O. The van der Waals surface area contributed by atoms with E-state index in [2.05, 4.69) is 33.8 Å². The number of benzene rings is 2. The Morgan fingerprint density at radius 1 is 1.00 bits per heavy atom. The fourth-order valence-corrected chi connectivity index (χ4v) is 2.36. The number of rotatable bonds is 4. The van der Waals surface area contributed by atoms with Gasteiger partial charge in [0.2, 0.25) is 0 Å². The zero-order valence-corrected chi connectivity index (χ0v) is 14.0. The second-order valence-electron chi connectivity index (χ2n) is 5.84. The smallest absolute Gasteiger partial charge is 0.256 e. The lowest BCUT2D eigenvalue weighted by Gasteiger charge is -2.11. The molecule has 0 unspecified atom stereocenters. The Bertz CT molecular complexity index is 890. The molecule has 1 amide bonds. The number of aromatic nitrogens is 1. The number of halogens is 1. The van der Waals surface area contributed by atoms with Gasteiger partial charge in [-0.2, -0.15) is 0 Å². The van der Waals surface area contributed by atoms with Crippen LogP contribution in [0.15, 0.2) is 60.8 Å². The van der Waals surface area contributed by atoms with E-state index in [1.807, 2.05) is 19.9 Å². The summed E-state index contributed by atoms with van der Waals surface area (Å²) in [7, 11) is 0. The van der Waals surface area contributed by atoms with Gasteiger partial charge in [-0.1, -0.05) is 12.1 Å². The fourth-order valence-electron chi connectivity index (χ4n) is 2.36. The van der Waals surface area contributed by atoms with Crippen LogP contribution in [0.3, 0.4) is 0 Å². The van der Waals surface area contributed by atoms with Crippen molar-refractivity contribution in [1.29, 1.82) is 0 Å². The number of amides is 1. The number of pyridine rings is 1. The van der Waals surface area contributed by atoms with Gasteiger partial charge >= 0.3 is 0 Å². The molecule has 0 bridgehead atoms. The van der Waals surface area contributed by atoms with Crippen molar-refractivity contribution in [2.24, 2.45) is 0 Å². The molecule has 2 aromatic carbocycles. The number of nitrogens with one attached hydrogen (secondary N) is 2. The Morgan fingerprint density at radius 2 is 1.76 bits per heavy atom. The number of anilines is 3. The van der Waals surface area contributed by atoms with Crippen molar-refractivity contribution < 1.29 is 9.18 Å². The van der Waals surface area contributed by atoms with E-state index < -0.39 is 0 Å². The molecule has 0 aliphatic carbocycles. The fraction of sp³-hybridized carbons (Fsp3) is 0.100. The first-order chi connectivity index (χ1) is 12.0. The normalized spacial score (nSPS) is 10.4. The molecule has 0 fully saturated rings. The summed E-state index contributed by atoms with van der Waals surface area (Å²) in [6.07, 6.45) is 1.65. The summed E-state index contributed by atoms with van der Waals surface area (Å²) in [6, 6.07) is 15.1. The van der Waals surface area contributed by atoms with Crippen LogP contribution in [-0.4, -0.2) is 10.9 Å². The van der Waals surface area contributed by atoms with Crippen molar-refractivity contribution in [3.63, 3.8) is 0 Å². The highest BCUT2D eigenvalue weighted by Gasteiger charge is 2.07. The monoisotopic (exact) mass is 335 g/mol. The number of hydrogen-bond donors (Lipinski definition) is 2. The maximum Gasteiger partial charge on any atom is 0.256 e. The average Bonchev–Trinajstić information content (AvgIpc) is 2.60. The molecule has 1 heterocycles. The second-order valence-corrected chi connectivity index (χ2v) is 5.84. The van der Waals surface area contributed by atoms with Crippen molar-refractivity contribution in [2.45, 2.75) is 13.8 Å². The molecule has 0 saturated heterocycles. The Labute approximate surface area is 145 Å². The lowest BCUT2D eigenvalue weighted by molar-refractivity contribution is 0.102. The van der Waals surface area contributed by atoms with Crippen molar-refractivity contribution in [1.82, 2.24) is 4.98 Å². The molecule has 126 valence electrons. The van der Waals surface area contributed by atoms with Crippen LogP contribution in [-0.2, 0) is 0 Å². The molecule has 3 rings (SSSR count). The first-order valence-electron chi connectivity index (χ1n) is 7.88. The summed E-state index contributed by atoms with van der Waals surface area (Å²) in [6.45, 7) is 4.07. The van der Waals surface area contributed by atoms with Gasteiger partial charge in [0, 0.05) is 11.3 Å². The third kappa shape index (κ3) is 4.20. The van der Waals surface area contributed by atoms with Gasteiger partial charge in [-0.25, -0.2) is 9.37 Å². The van der Waals surface area contributed by atoms with E-state index in [-0.39, 0.29) is 11.7 Å². The predicted octanol–water partition coefficient (Wildman–Crippen LogP) is 4.83. The van der Waals surface area contributed by atoms with E-state index in [1.54, 1.807) is 12.3 Å². The van der Waals surface area contributed by atoms with Gasteiger partial charge in [-0.05, 0) is 67.4 Å². The summed E-state index contributed by atoms with van der Waals surface area (Å²) in [5.41, 5.74) is 4.53. The number of nitrogens with zero attached hydrogens (tertiary/aromatic N) is 1. The molecule has 0 aliphatic heterocycles. The number of hydrogen-bond acceptors (Lipinski definition) is 3. The highest BCUT2D eigenvalue weighted by Crippen LogP contribution is 2.22. The maximum absolute atomic E-state index is 12.9.